The monoisotopic (exact) mass is 345 g/mol. The molecule has 0 aromatic heterocycles. The number of nitrogens with two attached hydrogens (primary N) is 1. The Hall–Kier alpha value is -1.48. The lowest BCUT2D eigenvalue weighted by molar-refractivity contribution is -0.387. The molecule has 1 aromatic rings. The standard InChI is InChI=1S/C11H9Cl2N5O2S/c12-9-5-15-10(14)11(13,17-9)6-16-21-8-4-2-1-3-7(8)18(19)20/h1-6,10H,14H2. The van der Waals surface area contributed by atoms with Crippen LogP contribution in [-0.4, -0.2) is 33.7 Å². The van der Waals surface area contributed by atoms with Crippen LogP contribution in [0.5, 0.6) is 0 Å². The second kappa shape index (κ2) is 6.52. The third-order valence-corrected chi connectivity index (χ3v) is 3.82. The van der Waals surface area contributed by atoms with Gasteiger partial charge in [-0.3, -0.25) is 15.1 Å². The molecule has 21 heavy (non-hydrogen) atoms. The first-order valence-corrected chi connectivity index (χ1v) is 7.13. The van der Waals surface area contributed by atoms with Crippen LogP contribution in [0.3, 0.4) is 0 Å². The van der Waals surface area contributed by atoms with Crippen LogP contribution in [0.2, 0.25) is 0 Å². The minimum absolute atomic E-state index is 0.0456. The molecule has 0 spiro atoms. The molecule has 2 atom stereocenters. The number of benzene rings is 1. The van der Waals surface area contributed by atoms with E-state index < -0.39 is 16.1 Å². The van der Waals surface area contributed by atoms with Crippen molar-refractivity contribution in [2.45, 2.75) is 16.1 Å². The third kappa shape index (κ3) is 3.79. The van der Waals surface area contributed by atoms with Gasteiger partial charge in [0.15, 0.2) is 0 Å². The smallest absolute Gasteiger partial charge is 0.284 e. The van der Waals surface area contributed by atoms with Crippen molar-refractivity contribution in [3.8, 4) is 0 Å². The molecule has 0 fully saturated rings. The Morgan fingerprint density at radius 2 is 2.24 bits per heavy atom. The second-order valence-corrected chi connectivity index (χ2v) is 5.76. The minimum atomic E-state index is -1.40. The Bertz CT molecular complexity index is 651. The van der Waals surface area contributed by atoms with E-state index in [4.69, 9.17) is 28.9 Å². The maximum atomic E-state index is 10.9. The fraction of sp³-hybridized carbons (Fsp3) is 0.182. The average Bonchev–Trinajstić information content (AvgIpc) is 2.43. The van der Waals surface area contributed by atoms with Crippen molar-refractivity contribution in [2.75, 3.05) is 0 Å². The lowest BCUT2D eigenvalue weighted by atomic mass is 10.2. The van der Waals surface area contributed by atoms with Crippen molar-refractivity contribution >= 4 is 58.4 Å². The predicted octanol–water partition coefficient (Wildman–Crippen LogP) is 2.61. The van der Waals surface area contributed by atoms with Crippen LogP contribution in [0.4, 0.5) is 5.69 Å². The zero-order valence-corrected chi connectivity index (χ0v) is 12.7. The summed E-state index contributed by atoms with van der Waals surface area (Å²) in [5.41, 5.74) is 5.68. The van der Waals surface area contributed by atoms with Gasteiger partial charge in [0.25, 0.3) is 5.69 Å². The molecule has 1 heterocycles. The molecule has 0 amide bonds. The van der Waals surface area contributed by atoms with Gasteiger partial charge >= 0.3 is 0 Å². The Labute approximate surface area is 134 Å². The zero-order chi connectivity index (χ0) is 15.5. The molecule has 2 unspecified atom stereocenters. The molecular weight excluding hydrogens is 337 g/mol. The highest BCUT2D eigenvalue weighted by Gasteiger charge is 2.35. The fourth-order valence-electron chi connectivity index (χ4n) is 1.45. The molecule has 7 nitrogen and oxygen atoms in total. The number of halogens is 2. The summed E-state index contributed by atoms with van der Waals surface area (Å²) in [5.74, 6) is 0. The summed E-state index contributed by atoms with van der Waals surface area (Å²) >= 11 is 12.8. The van der Waals surface area contributed by atoms with Gasteiger partial charge in [0.1, 0.15) is 16.2 Å². The van der Waals surface area contributed by atoms with Crippen LogP contribution in [0.25, 0.3) is 0 Å². The lowest BCUT2D eigenvalue weighted by Crippen LogP contribution is -2.44. The molecule has 0 saturated carbocycles. The van der Waals surface area contributed by atoms with Crippen LogP contribution in [0, 0.1) is 10.1 Å². The van der Waals surface area contributed by atoms with E-state index in [1.54, 1.807) is 18.2 Å². The topological polar surface area (TPSA) is 106 Å². The summed E-state index contributed by atoms with van der Waals surface area (Å²) in [7, 11) is 0. The van der Waals surface area contributed by atoms with Crippen molar-refractivity contribution in [1.82, 2.24) is 0 Å². The molecule has 110 valence electrons. The van der Waals surface area contributed by atoms with Gasteiger partial charge in [0.2, 0.25) is 5.00 Å². The second-order valence-electron chi connectivity index (χ2n) is 3.94. The zero-order valence-electron chi connectivity index (χ0n) is 10.4. The molecule has 2 N–H and O–H groups in total. The Morgan fingerprint density at radius 1 is 1.52 bits per heavy atom. The number of aliphatic imine (C=N–C) groups is 2. The normalized spacial score (nSPS) is 25.1. The largest absolute Gasteiger partial charge is 0.306 e. The van der Waals surface area contributed by atoms with E-state index in [-0.39, 0.29) is 10.9 Å². The molecule has 0 radical (unpaired) electrons. The summed E-state index contributed by atoms with van der Waals surface area (Å²) < 4.78 is 4.00. The first-order chi connectivity index (χ1) is 9.92. The van der Waals surface area contributed by atoms with Crippen LogP contribution in [-0.2, 0) is 0 Å². The maximum Gasteiger partial charge on any atom is 0.284 e. The van der Waals surface area contributed by atoms with E-state index in [0.29, 0.717) is 4.90 Å². The van der Waals surface area contributed by atoms with E-state index in [9.17, 15) is 10.1 Å². The van der Waals surface area contributed by atoms with E-state index in [2.05, 4.69) is 14.4 Å². The van der Waals surface area contributed by atoms with Crippen molar-refractivity contribution in [1.29, 1.82) is 0 Å². The number of nitro benzene ring substituents is 1. The molecular formula is C11H9Cl2N5O2S. The highest BCUT2D eigenvalue weighted by Crippen LogP contribution is 2.31. The van der Waals surface area contributed by atoms with Crippen LogP contribution in [0.15, 0.2) is 43.5 Å². The van der Waals surface area contributed by atoms with Crippen molar-refractivity contribution in [3.05, 3.63) is 34.4 Å². The quantitative estimate of drug-likeness (QED) is 0.226. The highest BCUT2D eigenvalue weighted by molar-refractivity contribution is 7.98. The molecule has 0 aliphatic carbocycles. The summed E-state index contributed by atoms with van der Waals surface area (Å²) in [4.78, 5) is 17.2. The van der Waals surface area contributed by atoms with E-state index in [1.807, 2.05) is 0 Å². The molecule has 0 saturated heterocycles. The first kappa shape index (κ1) is 15.9. The minimum Gasteiger partial charge on any atom is -0.306 e. The average molecular weight is 346 g/mol. The summed E-state index contributed by atoms with van der Waals surface area (Å²) in [6.45, 7) is 0. The van der Waals surface area contributed by atoms with Gasteiger partial charge in [-0.25, -0.2) is 9.39 Å². The lowest BCUT2D eigenvalue weighted by Gasteiger charge is -2.24. The number of alkyl halides is 1. The molecule has 2 rings (SSSR count). The number of hydrogen-bond acceptors (Lipinski definition) is 7. The van der Waals surface area contributed by atoms with Gasteiger partial charge in [-0.2, -0.15) is 0 Å². The van der Waals surface area contributed by atoms with Gasteiger partial charge in [-0.1, -0.05) is 35.3 Å². The Morgan fingerprint density at radius 3 is 2.95 bits per heavy atom. The third-order valence-electron chi connectivity index (χ3n) is 2.48. The van der Waals surface area contributed by atoms with E-state index in [1.165, 1.54) is 18.5 Å². The van der Waals surface area contributed by atoms with Crippen molar-refractivity contribution < 1.29 is 4.92 Å². The predicted molar refractivity (Wildman–Crippen MR) is 85.8 cm³/mol. The van der Waals surface area contributed by atoms with Crippen molar-refractivity contribution in [3.63, 3.8) is 0 Å². The van der Waals surface area contributed by atoms with E-state index >= 15 is 0 Å². The Kier molecular flexibility index (Phi) is 4.94. The highest BCUT2D eigenvalue weighted by atomic mass is 35.5. The van der Waals surface area contributed by atoms with Crippen LogP contribution >= 0.6 is 35.1 Å². The van der Waals surface area contributed by atoms with Gasteiger partial charge in [0, 0.05) is 18.0 Å². The molecule has 1 aliphatic rings. The molecule has 0 bridgehead atoms. The number of nitro groups is 1. The number of hydrogen-bond donors (Lipinski definition) is 1. The SMILES string of the molecule is NC1N=CC(Cl)=NC1(Cl)C=NSc1ccccc1[N+](=O)[O-]. The van der Waals surface area contributed by atoms with Crippen LogP contribution < -0.4 is 5.73 Å². The molecule has 10 heteroatoms. The number of para-hydroxylation sites is 1. The molecule has 1 aromatic carbocycles. The first-order valence-electron chi connectivity index (χ1n) is 5.60. The summed E-state index contributed by atoms with van der Waals surface area (Å²) in [6, 6.07) is 6.22. The fourth-order valence-corrected chi connectivity index (χ4v) is 2.65. The van der Waals surface area contributed by atoms with E-state index in [0.717, 1.165) is 11.9 Å². The Balaban J connectivity index is 2.16. The molecule has 1 aliphatic heterocycles. The number of rotatable bonds is 4. The van der Waals surface area contributed by atoms with Gasteiger partial charge < -0.3 is 5.73 Å². The van der Waals surface area contributed by atoms with Gasteiger partial charge in [0.05, 0.1) is 17.4 Å². The summed E-state index contributed by atoms with van der Waals surface area (Å²) in [6.07, 6.45) is 1.73. The number of nitrogens with zero attached hydrogens (tertiary/aromatic N) is 4. The summed E-state index contributed by atoms with van der Waals surface area (Å²) in [5, 5.41) is 11.0. The van der Waals surface area contributed by atoms with Crippen molar-refractivity contribution in [2.24, 2.45) is 20.1 Å². The maximum absolute atomic E-state index is 10.9. The van der Waals surface area contributed by atoms with Crippen LogP contribution in [0.1, 0.15) is 0 Å². The van der Waals surface area contributed by atoms with Gasteiger partial charge in [-0.15, -0.1) is 0 Å². The van der Waals surface area contributed by atoms with Gasteiger partial charge in [-0.05, 0) is 6.07 Å².